The van der Waals surface area contributed by atoms with Gasteiger partial charge in [-0.05, 0) is 56.0 Å². The van der Waals surface area contributed by atoms with E-state index < -0.39 is 0 Å². The van der Waals surface area contributed by atoms with Crippen molar-refractivity contribution in [3.63, 3.8) is 0 Å². The fraction of sp³-hybridized carbons (Fsp3) is 0.400. The maximum absolute atomic E-state index is 12.9. The Hall–Kier alpha value is -2.36. The second-order valence-electron chi connectivity index (χ2n) is 6.43. The van der Waals surface area contributed by atoms with Gasteiger partial charge >= 0.3 is 0 Å². The van der Waals surface area contributed by atoms with Crippen LogP contribution in [0.15, 0.2) is 42.6 Å². The summed E-state index contributed by atoms with van der Waals surface area (Å²) in [6.45, 7) is 9.89. The topological polar surface area (TPSA) is 45.2 Å². The minimum absolute atomic E-state index is 0.00240. The van der Waals surface area contributed by atoms with Crippen molar-refractivity contribution in [3.8, 4) is 0 Å². The molecule has 0 bridgehead atoms. The van der Waals surface area contributed by atoms with E-state index in [1.807, 2.05) is 44.2 Å². The van der Waals surface area contributed by atoms with Crippen molar-refractivity contribution < 1.29 is 4.79 Å². The highest BCUT2D eigenvalue weighted by molar-refractivity contribution is 6.06. The zero-order valence-electron chi connectivity index (χ0n) is 15.0. The number of carbonyl (C=O) groups excluding carboxylic acids is 1. The molecule has 0 fully saturated rings. The van der Waals surface area contributed by atoms with Crippen LogP contribution in [0.3, 0.4) is 0 Å². The molecule has 0 aliphatic rings. The van der Waals surface area contributed by atoms with Crippen LogP contribution < -0.4 is 10.2 Å². The van der Waals surface area contributed by atoms with Crippen LogP contribution in [0.1, 0.15) is 43.1 Å². The highest BCUT2D eigenvalue weighted by Gasteiger charge is 2.16. The summed E-state index contributed by atoms with van der Waals surface area (Å²) in [6.07, 6.45) is 2.76. The smallest absolute Gasteiger partial charge is 0.258 e. The second-order valence-corrected chi connectivity index (χ2v) is 6.43. The van der Waals surface area contributed by atoms with Gasteiger partial charge in [-0.15, -0.1) is 0 Å². The van der Waals surface area contributed by atoms with Crippen molar-refractivity contribution in [1.29, 1.82) is 0 Å². The molecule has 2 rings (SSSR count). The fourth-order valence-electron chi connectivity index (χ4n) is 2.54. The Morgan fingerprint density at radius 3 is 2.71 bits per heavy atom. The van der Waals surface area contributed by atoms with E-state index in [1.165, 1.54) is 0 Å². The molecule has 0 aliphatic heterocycles. The van der Waals surface area contributed by atoms with E-state index in [0.29, 0.717) is 18.0 Å². The molecule has 1 amide bonds. The van der Waals surface area contributed by atoms with Gasteiger partial charge in [0.1, 0.15) is 5.82 Å². The Labute approximate surface area is 144 Å². The number of benzene rings is 1. The first-order valence-electron chi connectivity index (χ1n) is 8.59. The highest BCUT2D eigenvalue weighted by atomic mass is 16.2. The number of aryl methyl sites for hydroxylation is 1. The molecule has 1 aromatic heterocycles. The van der Waals surface area contributed by atoms with Gasteiger partial charge in [0.25, 0.3) is 5.91 Å². The number of amides is 1. The number of nitrogens with zero attached hydrogens (tertiary/aromatic N) is 2. The number of anilines is 2. The van der Waals surface area contributed by atoms with Crippen LogP contribution in [0.2, 0.25) is 0 Å². The number of nitrogens with one attached hydrogen (secondary N) is 1. The zero-order chi connectivity index (χ0) is 17.5. The number of pyridine rings is 1. The largest absolute Gasteiger partial charge is 0.370 e. The van der Waals surface area contributed by atoms with Crippen LogP contribution in [0.25, 0.3) is 0 Å². The summed E-state index contributed by atoms with van der Waals surface area (Å²) in [5.41, 5.74) is 2.72. The quantitative estimate of drug-likeness (QED) is 0.814. The van der Waals surface area contributed by atoms with E-state index in [0.717, 1.165) is 30.0 Å². The SMILES string of the molecule is CCN(C(=O)c1ccnc(NCCC(C)C)c1)c1cccc(C)c1. The summed E-state index contributed by atoms with van der Waals surface area (Å²) < 4.78 is 0. The third kappa shape index (κ3) is 4.82. The molecular formula is C20H27N3O. The first-order valence-corrected chi connectivity index (χ1v) is 8.59. The molecule has 0 unspecified atom stereocenters. The lowest BCUT2D eigenvalue weighted by molar-refractivity contribution is 0.0988. The Morgan fingerprint density at radius 1 is 1.25 bits per heavy atom. The molecule has 0 radical (unpaired) electrons. The van der Waals surface area contributed by atoms with E-state index in [1.54, 1.807) is 17.2 Å². The second kappa shape index (κ2) is 8.48. The van der Waals surface area contributed by atoms with Crippen LogP contribution in [0.4, 0.5) is 11.5 Å². The highest BCUT2D eigenvalue weighted by Crippen LogP contribution is 2.19. The lowest BCUT2D eigenvalue weighted by Gasteiger charge is -2.22. The van der Waals surface area contributed by atoms with Gasteiger partial charge in [0.15, 0.2) is 0 Å². The molecule has 4 nitrogen and oxygen atoms in total. The van der Waals surface area contributed by atoms with Crippen molar-refractivity contribution in [2.24, 2.45) is 5.92 Å². The average molecular weight is 325 g/mol. The fourth-order valence-corrected chi connectivity index (χ4v) is 2.54. The maximum Gasteiger partial charge on any atom is 0.258 e. The van der Waals surface area contributed by atoms with Gasteiger partial charge in [-0.3, -0.25) is 4.79 Å². The van der Waals surface area contributed by atoms with Gasteiger partial charge in [-0.1, -0.05) is 26.0 Å². The van der Waals surface area contributed by atoms with E-state index in [2.05, 4.69) is 24.1 Å². The monoisotopic (exact) mass is 325 g/mol. The van der Waals surface area contributed by atoms with Gasteiger partial charge in [0, 0.05) is 30.5 Å². The van der Waals surface area contributed by atoms with Crippen LogP contribution in [-0.4, -0.2) is 24.0 Å². The Kier molecular flexibility index (Phi) is 6.36. The average Bonchev–Trinajstić information content (AvgIpc) is 2.55. The summed E-state index contributed by atoms with van der Waals surface area (Å²) in [5.74, 6) is 1.39. The number of aromatic nitrogens is 1. The number of carbonyl (C=O) groups is 1. The van der Waals surface area contributed by atoms with E-state index in [4.69, 9.17) is 0 Å². The minimum atomic E-state index is -0.00240. The lowest BCUT2D eigenvalue weighted by atomic mass is 10.1. The Bertz CT molecular complexity index is 682. The maximum atomic E-state index is 12.9. The van der Waals surface area contributed by atoms with Gasteiger partial charge in [0.2, 0.25) is 0 Å². The van der Waals surface area contributed by atoms with Crippen molar-refractivity contribution in [1.82, 2.24) is 4.98 Å². The molecule has 4 heteroatoms. The van der Waals surface area contributed by atoms with Crippen molar-refractivity contribution in [2.75, 3.05) is 23.3 Å². The molecule has 1 aromatic carbocycles. The molecule has 0 aliphatic carbocycles. The molecule has 1 heterocycles. The lowest BCUT2D eigenvalue weighted by Crippen LogP contribution is -2.30. The third-order valence-electron chi connectivity index (χ3n) is 3.91. The van der Waals surface area contributed by atoms with E-state index >= 15 is 0 Å². The molecule has 1 N–H and O–H groups in total. The van der Waals surface area contributed by atoms with Crippen molar-refractivity contribution in [2.45, 2.75) is 34.1 Å². The summed E-state index contributed by atoms with van der Waals surface area (Å²) in [4.78, 5) is 19.0. The molecule has 0 saturated heterocycles. The number of hydrogen-bond acceptors (Lipinski definition) is 3. The third-order valence-corrected chi connectivity index (χ3v) is 3.91. The number of hydrogen-bond donors (Lipinski definition) is 1. The molecular weight excluding hydrogens is 298 g/mol. The first-order chi connectivity index (χ1) is 11.5. The van der Waals surface area contributed by atoms with E-state index in [9.17, 15) is 4.79 Å². The summed E-state index contributed by atoms with van der Waals surface area (Å²) in [7, 11) is 0. The van der Waals surface area contributed by atoms with Crippen molar-refractivity contribution >= 4 is 17.4 Å². The standard InChI is InChI=1S/C20H27N3O/c1-5-23(18-8-6-7-16(4)13-18)20(24)17-10-12-22-19(14-17)21-11-9-15(2)3/h6-8,10,12-15H,5,9,11H2,1-4H3,(H,21,22). The normalized spacial score (nSPS) is 10.7. The summed E-state index contributed by atoms with van der Waals surface area (Å²) in [6, 6.07) is 11.6. The summed E-state index contributed by atoms with van der Waals surface area (Å²) >= 11 is 0. The first kappa shape index (κ1) is 18.0. The molecule has 0 spiro atoms. The Morgan fingerprint density at radius 2 is 2.04 bits per heavy atom. The van der Waals surface area contributed by atoms with Crippen molar-refractivity contribution in [3.05, 3.63) is 53.7 Å². The van der Waals surface area contributed by atoms with Crippen LogP contribution in [0, 0.1) is 12.8 Å². The summed E-state index contributed by atoms with van der Waals surface area (Å²) in [5, 5.41) is 3.30. The molecule has 2 aromatic rings. The predicted molar refractivity (Wildman–Crippen MR) is 101 cm³/mol. The van der Waals surface area contributed by atoms with Gasteiger partial charge in [-0.2, -0.15) is 0 Å². The van der Waals surface area contributed by atoms with Crippen LogP contribution >= 0.6 is 0 Å². The van der Waals surface area contributed by atoms with Gasteiger partial charge in [-0.25, -0.2) is 4.98 Å². The van der Waals surface area contributed by atoms with Crippen LogP contribution in [-0.2, 0) is 0 Å². The predicted octanol–water partition coefficient (Wildman–Crippen LogP) is 4.51. The van der Waals surface area contributed by atoms with Crippen LogP contribution in [0.5, 0.6) is 0 Å². The zero-order valence-corrected chi connectivity index (χ0v) is 15.0. The molecule has 0 atom stereocenters. The van der Waals surface area contributed by atoms with E-state index in [-0.39, 0.29) is 5.91 Å². The molecule has 24 heavy (non-hydrogen) atoms. The van der Waals surface area contributed by atoms with Gasteiger partial charge in [0.05, 0.1) is 0 Å². The molecule has 0 saturated carbocycles. The Balaban J connectivity index is 2.15. The molecule has 128 valence electrons. The minimum Gasteiger partial charge on any atom is -0.370 e. The van der Waals surface area contributed by atoms with Gasteiger partial charge < -0.3 is 10.2 Å². The number of rotatable bonds is 7.